The zero-order valence-corrected chi connectivity index (χ0v) is 13.8. The molecule has 2 atom stereocenters. The summed E-state index contributed by atoms with van der Waals surface area (Å²) < 4.78 is 1.65. The van der Waals surface area contributed by atoms with E-state index in [4.69, 9.17) is 0 Å². The number of fused-ring (bicyclic) bond motifs is 1. The molecule has 0 aliphatic heterocycles. The van der Waals surface area contributed by atoms with Gasteiger partial charge in [0.25, 0.3) is 5.91 Å². The Morgan fingerprint density at radius 1 is 1.23 bits per heavy atom. The third-order valence-electron chi connectivity index (χ3n) is 4.92. The second kappa shape index (κ2) is 5.71. The van der Waals surface area contributed by atoms with Crippen LogP contribution in [0, 0.1) is 12.8 Å². The lowest BCUT2D eigenvalue weighted by molar-refractivity contribution is 0.0937. The van der Waals surface area contributed by atoms with E-state index in [0.717, 1.165) is 17.7 Å². The molecular formula is C19H24N2O. The van der Waals surface area contributed by atoms with E-state index in [2.05, 4.69) is 25.9 Å². The highest BCUT2D eigenvalue weighted by molar-refractivity contribution is 5.96. The number of aryl methyl sites for hydroxylation is 1. The van der Waals surface area contributed by atoms with E-state index in [1.165, 1.54) is 12.0 Å². The molecule has 1 aromatic carbocycles. The molecule has 2 aromatic rings. The van der Waals surface area contributed by atoms with Crippen LogP contribution >= 0.6 is 0 Å². The minimum atomic E-state index is -0.0130. The van der Waals surface area contributed by atoms with Crippen LogP contribution in [0.4, 0.5) is 0 Å². The molecule has 3 nitrogen and oxygen atoms in total. The lowest BCUT2D eigenvalue weighted by Crippen LogP contribution is -2.24. The Hall–Kier alpha value is -1.90. The van der Waals surface area contributed by atoms with Gasteiger partial charge in [-0.3, -0.25) is 4.79 Å². The summed E-state index contributed by atoms with van der Waals surface area (Å²) in [5.41, 5.74) is 4.26. The van der Waals surface area contributed by atoms with Crippen molar-refractivity contribution in [2.45, 2.75) is 52.4 Å². The Bertz CT molecular complexity index is 682. The van der Waals surface area contributed by atoms with Gasteiger partial charge < -0.3 is 0 Å². The van der Waals surface area contributed by atoms with Crippen molar-refractivity contribution < 1.29 is 4.79 Å². The van der Waals surface area contributed by atoms with Crippen molar-refractivity contribution in [3.05, 3.63) is 52.8 Å². The topological polar surface area (TPSA) is 34.9 Å². The highest BCUT2D eigenvalue weighted by Crippen LogP contribution is 2.42. The van der Waals surface area contributed by atoms with Crippen molar-refractivity contribution in [3.8, 4) is 0 Å². The number of benzene rings is 1. The highest BCUT2D eigenvalue weighted by Gasteiger charge is 2.32. The number of nitrogens with zero attached hydrogens (tertiary/aromatic N) is 2. The van der Waals surface area contributed by atoms with Gasteiger partial charge in [0.2, 0.25) is 0 Å². The smallest absolute Gasteiger partial charge is 0.267 e. The predicted octanol–water partition coefficient (Wildman–Crippen LogP) is 4.52. The molecule has 0 N–H and O–H groups in total. The summed E-state index contributed by atoms with van der Waals surface area (Å²) >= 11 is 0. The molecule has 1 aromatic heterocycles. The van der Waals surface area contributed by atoms with Crippen LogP contribution in [0.3, 0.4) is 0 Å². The minimum Gasteiger partial charge on any atom is -0.267 e. The van der Waals surface area contributed by atoms with Gasteiger partial charge in [0.05, 0.1) is 11.9 Å². The van der Waals surface area contributed by atoms with Crippen molar-refractivity contribution in [2.24, 2.45) is 5.92 Å². The third kappa shape index (κ3) is 2.49. The summed E-state index contributed by atoms with van der Waals surface area (Å²) in [6, 6.07) is 7.74. The summed E-state index contributed by atoms with van der Waals surface area (Å²) in [6.07, 6.45) is 4.22. The summed E-state index contributed by atoms with van der Waals surface area (Å²) in [5.74, 6) is 1.42. The van der Waals surface area contributed by atoms with E-state index < -0.39 is 0 Å². The standard InChI is InChI=1S/C19H24N2O/c1-12(2)16-10-7-14(4)17-11-20-21(18(16)17)19(22)15-8-5-13(3)6-9-15/h5-6,8-9,11-12,14,16H,7,10H2,1-4H3/t14-,16-/m1/s1. The van der Waals surface area contributed by atoms with Gasteiger partial charge >= 0.3 is 0 Å². The first-order valence-corrected chi connectivity index (χ1v) is 8.18. The molecule has 3 rings (SSSR count). The Labute approximate surface area is 132 Å². The molecular weight excluding hydrogens is 272 g/mol. The first-order valence-electron chi connectivity index (χ1n) is 8.18. The van der Waals surface area contributed by atoms with Crippen molar-refractivity contribution in [1.29, 1.82) is 0 Å². The maximum atomic E-state index is 12.9. The zero-order valence-electron chi connectivity index (χ0n) is 13.8. The molecule has 0 saturated carbocycles. The molecule has 0 fully saturated rings. The molecule has 0 amide bonds. The predicted molar refractivity (Wildman–Crippen MR) is 88.4 cm³/mol. The summed E-state index contributed by atoms with van der Waals surface area (Å²) in [4.78, 5) is 12.9. The number of hydrogen-bond donors (Lipinski definition) is 0. The molecule has 0 unspecified atom stereocenters. The van der Waals surface area contributed by atoms with E-state index in [9.17, 15) is 4.79 Å². The van der Waals surface area contributed by atoms with Crippen LogP contribution in [-0.4, -0.2) is 15.7 Å². The lowest BCUT2D eigenvalue weighted by Gasteiger charge is -2.30. The summed E-state index contributed by atoms with van der Waals surface area (Å²) in [7, 11) is 0. The van der Waals surface area contributed by atoms with E-state index in [1.54, 1.807) is 4.68 Å². The molecule has 0 saturated heterocycles. The van der Waals surface area contributed by atoms with Crippen LogP contribution in [0.2, 0.25) is 0 Å². The maximum Gasteiger partial charge on any atom is 0.278 e. The molecule has 116 valence electrons. The van der Waals surface area contributed by atoms with Crippen LogP contribution in [0.25, 0.3) is 0 Å². The molecule has 1 aliphatic carbocycles. The Kier molecular flexibility index (Phi) is 3.90. The molecule has 0 bridgehead atoms. The van der Waals surface area contributed by atoms with Gasteiger partial charge in [0, 0.05) is 11.5 Å². The fourth-order valence-corrected chi connectivity index (χ4v) is 3.47. The van der Waals surface area contributed by atoms with Crippen molar-refractivity contribution in [1.82, 2.24) is 9.78 Å². The number of carbonyl (C=O) groups is 1. The fraction of sp³-hybridized carbons (Fsp3) is 0.474. The Balaban J connectivity index is 2.05. The van der Waals surface area contributed by atoms with Gasteiger partial charge in [0.1, 0.15) is 0 Å². The largest absolute Gasteiger partial charge is 0.278 e. The molecule has 3 heteroatoms. The van der Waals surface area contributed by atoms with Crippen molar-refractivity contribution >= 4 is 5.91 Å². The fourth-order valence-electron chi connectivity index (χ4n) is 3.47. The molecule has 1 aliphatic rings. The second-order valence-corrected chi connectivity index (χ2v) is 6.90. The highest BCUT2D eigenvalue weighted by atomic mass is 16.2. The molecule has 1 heterocycles. The quantitative estimate of drug-likeness (QED) is 0.817. The van der Waals surface area contributed by atoms with E-state index in [0.29, 0.717) is 23.3 Å². The van der Waals surface area contributed by atoms with E-state index in [1.807, 2.05) is 37.4 Å². The van der Waals surface area contributed by atoms with Gasteiger partial charge in [-0.05, 0) is 49.3 Å². The maximum absolute atomic E-state index is 12.9. The SMILES string of the molecule is Cc1ccc(C(=O)n2ncc3c2[C@@H](C(C)C)CC[C@H]3C)cc1. The van der Waals surface area contributed by atoms with Crippen LogP contribution in [0.1, 0.15) is 72.6 Å². The molecule has 22 heavy (non-hydrogen) atoms. The van der Waals surface area contributed by atoms with E-state index in [-0.39, 0.29) is 5.91 Å². The van der Waals surface area contributed by atoms with Gasteiger partial charge in [-0.1, -0.05) is 38.5 Å². The lowest BCUT2D eigenvalue weighted by atomic mass is 9.76. The van der Waals surface area contributed by atoms with E-state index >= 15 is 0 Å². The zero-order chi connectivity index (χ0) is 15.9. The van der Waals surface area contributed by atoms with Gasteiger partial charge in [-0.15, -0.1) is 0 Å². The van der Waals surface area contributed by atoms with Gasteiger partial charge in [-0.2, -0.15) is 5.10 Å². The summed E-state index contributed by atoms with van der Waals surface area (Å²) in [5, 5.41) is 4.45. The minimum absolute atomic E-state index is 0.0130. The van der Waals surface area contributed by atoms with Gasteiger partial charge in [-0.25, -0.2) is 4.68 Å². The van der Waals surface area contributed by atoms with Crippen LogP contribution in [-0.2, 0) is 0 Å². The first kappa shape index (κ1) is 15.0. The van der Waals surface area contributed by atoms with Crippen molar-refractivity contribution in [3.63, 3.8) is 0 Å². The van der Waals surface area contributed by atoms with Crippen LogP contribution in [0.5, 0.6) is 0 Å². The van der Waals surface area contributed by atoms with Gasteiger partial charge in [0.15, 0.2) is 0 Å². The monoisotopic (exact) mass is 296 g/mol. The van der Waals surface area contributed by atoms with Crippen molar-refractivity contribution in [2.75, 3.05) is 0 Å². The average molecular weight is 296 g/mol. The number of rotatable bonds is 2. The molecule has 0 spiro atoms. The Morgan fingerprint density at radius 2 is 1.91 bits per heavy atom. The Morgan fingerprint density at radius 3 is 2.55 bits per heavy atom. The number of aromatic nitrogens is 2. The number of carbonyl (C=O) groups excluding carboxylic acids is 1. The van der Waals surface area contributed by atoms with Crippen LogP contribution < -0.4 is 0 Å². The first-order chi connectivity index (χ1) is 10.5. The molecule has 0 radical (unpaired) electrons. The average Bonchev–Trinajstić information content (AvgIpc) is 2.93. The third-order valence-corrected chi connectivity index (χ3v) is 4.92. The second-order valence-electron chi connectivity index (χ2n) is 6.90. The summed E-state index contributed by atoms with van der Waals surface area (Å²) in [6.45, 7) is 8.73. The normalized spacial score (nSPS) is 21.0. The van der Waals surface area contributed by atoms with Crippen LogP contribution in [0.15, 0.2) is 30.5 Å². The number of hydrogen-bond acceptors (Lipinski definition) is 2.